The molecule has 7 nitrogen and oxygen atoms in total. The number of aromatic nitrogens is 2. The third-order valence-corrected chi connectivity index (χ3v) is 3.74. The minimum absolute atomic E-state index is 0.406. The zero-order valence-corrected chi connectivity index (χ0v) is 13.9. The Morgan fingerprint density at radius 3 is 2.36 bits per heavy atom. The van der Waals surface area contributed by atoms with Crippen molar-refractivity contribution in [2.75, 3.05) is 11.9 Å². The summed E-state index contributed by atoms with van der Waals surface area (Å²) in [7, 11) is 1.69. The Bertz CT molecular complexity index is 800. The molecule has 0 radical (unpaired) electrons. The molecule has 1 aromatic heterocycles. The molecule has 2 rings (SSSR count). The molecule has 1 unspecified atom stereocenters. The number of carbonyl (C=O) groups excluding carboxylic acids is 2. The van der Waals surface area contributed by atoms with Crippen molar-refractivity contribution < 1.29 is 23.5 Å². The summed E-state index contributed by atoms with van der Waals surface area (Å²) in [6, 6.07) is 3.14. The van der Waals surface area contributed by atoms with Gasteiger partial charge in [-0.25, -0.2) is 8.78 Å². The maximum atomic E-state index is 13.6. The van der Waals surface area contributed by atoms with E-state index < -0.39 is 41.7 Å². The summed E-state index contributed by atoms with van der Waals surface area (Å²) in [6.45, 7) is 2.87. The molecule has 0 spiro atoms. The van der Waals surface area contributed by atoms with Crippen LogP contribution in [0, 0.1) is 25.5 Å². The standard InChI is InChI=1S/C16H18F2N4O3/c1-8-14(9(2)22(3)21-8)20-16(25)15(24)19-7-12(23)13-10(17)5-4-6-11(13)18/h4-6,12,23H,7H2,1-3H3,(H,19,24)(H,20,25). The third-order valence-electron chi connectivity index (χ3n) is 3.74. The average molecular weight is 352 g/mol. The summed E-state index contributed by atoms with van der Waals surface area (Å²) < 4.78 is 28.7. The Labute approximate surface area is 142 Å². The van der Waals surface area contributed by atoms with Gasteiger partial charge < -0.3 is 15.7 Å². The minimum Gasteiger partial charge on any atom is -0.386 e. The number of anilines is 1. The number of amides is 2. The van der Waals surface area contributed by atoms with Crippen molar-refractivity contribution in [1.82, 2.24) is 15.1 Å². The first-order valence-electron chi connectivity index (χ1n) is 7.43. The molecule has 1 atom stereocenters. The van der Waals surface area contributed by atoms with Gasteiger partial charge in [-0.2, -0.15) is 5.10 Å². The second kappa shape index (κ2) is 7.39. The van der Waals surface area contributed by atoms with E-state index in [9.17, 15) is 23.5 Å². The molecule has 25 heavy (non-hydrogen) atoms. The highest BCUT2D eigenvalue weighted by Crippen LogP contribution is 2.20. The van der Waals surface area contributed by atoms with Crippen LogP contribution in [0.5, 0.6) is 0 Å². The van der Waals surface area contributed by atoms with Crippen molar-refractivity contribution in [2.24, 2.45) is 7.05 Å². The smallest absolute Gasteiger partial charge is 0.313 e. The van der Waals surface area contributed by atoms with Crippen LogP contribution >= 0.6 is 0 Å². The summed E-state index contributed by atoms with van der Waals surface area (Å²) in [5.41, 5.74) is 1.03. The zero-order valence-electron chi connectivity index (χ0n) is 13.9. The fourth-order valence-electron chi connectivity index (χ4n) is 2.33. The first-order valence-corrected chi connectivity index (χ1v) is 7.43. The number of nitrogens with one attached hydrogen (secondary N) is 2. The first kappa shape index (κ1) is 18.5. The van der Waals surface area contributed by atoms with Gasteiger partial charge in [-0.1, -0.05) is 6.07 Å². The number of aliphatic hydroxyl groups is 1. The molecule has 0 aliphatic heterocycles. The zero-order chi connectivity index (χ0) is 18.7. The van der Waals surface area contributed by atoms with Gasteiger partial charge >= 0.3 is 11.8 Å². The summed E-state index contributed by atoms with van der Waals surface area (Å²) in [5.74, 6) is -3.89. The van der Waals surface area contributed by atoms with E-state index in [4.69, 9.17) is 0 Å². The number of carbonyl (C=O) groups is 2. The first-order chi connectivity index (χ1) is 11.7. The molecule has 2 aromatic rings. The van der Waals surface area contributed by atoms with Gasteiger partial charge in [0.05, 0.1) is 22.6 Å². The summed E-state index contributed by atoms with van der Waals surface area (Å²) in [5, 5.41) is 18.5. The summed E-state index contributed by atoms with van der Waals surface area (Å²) in [6.07, 6.45) is -1.63. The summed E-state index contributed by atoms with van der Waals surface area (Å²) >= 11 is 0. The van der Waals surface area contributed by atoms with Gasteiger partial charge in [0.2, 0.25) is 0 Å². The molecule has 0 aliphatic carbocycles. The molecule has 0 fully saturated rings. The largest absolute Gasteiger partial charge is 0.386 e. The normalized spacial score (nSPS) is 11.9. The highest BCUT2D eigenvalue weighted by Gasteiger charge is 2.22. The Hall–Kier alpha value is -2.81. The minimum atomic E-state index is -1.63. The van der Waals surface area contributed by atoms with Crippen molar-refractivity contribution >= 4 is 17.5 Å². The van der Waals surface area contributed by atoms with Crippen molar-refractivity contribution in [3.05, 3.63) is 46.8 Å². The van der Waals surface area contributed by atoms with E-state index in [0.29, 0.717) is 17.1 Å². The predicted octanol–water partition coefficient (Wildman–Crippen LogP) is 1.10. The van der Waals surface area contributed by atoms with E-state index in [1.807, 2.05) is 0 Å². The Balaban J connectivity index is 1.99. The van der Waals surface area contributed by atoms with Gasteiger partial charge in [-0.3, -0.25) is 14.3 Å². The molecule has 1 heterocycles. The van der Waals surface area contributed by atoms with E-state index in [0.717, 1.165) is 18.2 Å². The van der Waals surface area contributed by atoms with E-state index in [2.05, 4.69) is 15.7 Å². The van der Waals surface area contributed by atoms with Gasteiger partial charge in [-0.05, 0) is 26.0 Å². The molecule has 0 saturated heterocycles. The monoisotopic (exact) mass is 352 g/mol. The summed E-state index contributed by atoms with van der Waals surface area (Å²) in [4.78, 5) is 23.8. The number of hydrogen-bond acceptors (Lipinski definition) is 4. The lowest BCUT2D eigenvalue weighted by Crippen LogP contribution is -2.38. The molecule has 2 amide bonds. The number of aliphatic hydroxyl groups excluding tert-OH is 1. The number of rotatable bonds is 4. The van der Waals surface area contributed by atoms with E-state index in [1.165, 1.54) is 0 Å². The van der Waals surface area contributed by atoms with E-state index in [1.54, 1.807) is 25.6 Å². The molecule has 134 valence electrons. The maximum Gasteiger partial charge on any atom is 0.313 e. The molecule has 3 N–H and O–H groups in total. The lowest BCUT2D eigenvalue weighted by atomic mass is 10.1. The van der Waals surface area contributed by atoms with Gasteiger partial charge in [-0.15, -0.1) is 0 Å². The van der Waals surface area contributed by atoms with Crippen LogP contribution in [0.15, 0.2) is 18.2 Å². The fraction of sp³-hybridized carbons (Fsp3) is 0.312. The van der Waals surface area contributed by atoms with Crippen LogP contribution in [0.2, 0.25) is 0 Å². The van der Waals surface area contributed by atoms with Crippen LogP contribution < -0.4 is 10.6 Å². The number of aryl methyl sites for hydroxylation is 2. The van der Waals surface area contributed by atoms with Crippen LogP contribution in [0.25, 0.3) is 0 Å². The molecule has 9 heteroatoms. The molecule has 0 saturated carbocycles. The lowest BCUT2D eigenvalue weighted by Gasteiger charge is -2.13. The molecule has 0 bridgehead atoms. The molecular weight excluding hydrogens is 334 g/mol. The van der Waals surface area contributed by atoms with Crippen molar-refractivity contribution in [1.29, 1.82) is 0 Å². The maximum absolute atomic E-state index is 13.6. The molecular formula is C16H18F2N4O3. The van der Waals surface area contributed by atoms with Crippen LogP contribution in [0.3, 0.4) is 0 Å². The van der Waals surface area contributed by atoms with Crippen LogP contribution in [0.1, 0.15) is 23.1 Å². The van der Waals surface area contributed by atoms with Crippen LogP contribution in [0.4, 0.5) is 14.5 Å². The van der Waals surface area contributed by atoms with Gasteiger partial charge in [0.25, 0.3) is 0 Å². The lowest BCUT2D eigenvalue weighted by molar-refractivity contribution is -0.136. The van der Waals surface area contributed by atoms with Crippen molar-refractivity contribution in [2.45, 2.75) is 20.0 Å². The van der Waals surface area contributed by atoms with Crippen LogP contribution in [-0.4, -0.2) is 33.2 Å². The van der Waals surface area contributed by atoms with Crippen LogP contribution in [-0.2, 0) is 16.6 Å². The van der Waals surface area contributed by atoms with E-state index in [-0.39, 0.29) is 0 Å². The number of hydrogen-bond donors (Lipinski definition) is 3. The SMILES string of the molecule is Cc1nn(C)c(C)c1NC(=O)C(=O)NCC(O)c1c(F)cccc1F. The topological polar surface area (TPSA) is 96.2 Å². The second-order valence-corrected chi connectivity index (χ2v) is 5.48. The molecule has 0 aliphatic rings. The van der Waals surface area contributed by atoms with Crippen molar-refractivity contribution in [3.8, 4) is 0 Å². The van der Waals surface area contributed by atoms with Gasteiger partial charge in [0.1, 0.15) is 17.7 Å². The quantitative estimate of drug-likeness (QED) is 0.718. The van der Waals surface area contributed by atoms with Gasteiger partial charge in [0.15, 0.2) is 0 Å². The third kappa shape index (κ3) is 4.00. The van der Waals surface area contributed by atoms with Gasteiger partial charge in [0, 0.05) is 13.6 Å². The second-order valence-electron chi connectivity index (χ2n) is 5.48. The number of halogens is 2. The predicted molar refractivity (Wildman–Crippen MR) is 85.6 cm³/mol. The Morgan fingerprint density at radius 1 is 1.24 bits per heavy atom. The fourth-order valence-corrected chi connectivity index (χ4v) is 2.33. The average Bonchev–Trinajstić information content (AvgIpc) is 2.78. The number of nitrogens with zero attached hydrogens (tertiary/aromatic N) is 2. The Morgan fingerprint density at radius 2 is 1.84 bits per heavy atom. The molecule has 1 aromatic carbocycles. The number of benzene rings is 1. The van der Waals surface area contributed by atoms with Crippen molar-refractivity contribution in [3.63, 3.8) is 0 Å². The van der Waals surface area contributed by atoms with E-state index >= 15 is 0 Å². The highest BCUT2D eigenvalue weighted by molar-refractivity contribution is 6.39. The highest BCUT2D eigenvalue weighted by atomic mass is 19.1. The Kier molecular flexibility index (Phi) is 5.48.